The van der Waals surface area contributed by atoms with Gasteiger partial charge in [0.15, 0.2) is 0 Å². The van der Waals surface area contributed by atoms with Crippen LogP contribution in [-0.2, 0) is 24.8 Å². The summed E-state index contributed by atoms with van der Waals surface area (Å²) in [5, 5.41) is 10.5. The summed E-state index contributed by atoms with van der Waals surface area (Å²) in [4.78, 5) is 34.5. The SMILES string of the molecule is CC(=O)N(CCc1ccccc1)Cc1cnc(Nc2cnn(C)c2)nc1Nc1cccc(OC(N)=O)c1. The van der Waals surface area contributed by atoms with Gasteiger partial charge in [-0.2, -0.15) is 10.1 Å². The smallest absolute Gasteiger partial charge is 0.409 e. The monoisotopic (exact) mass is 500 g/mol. The number of hydrogen-bond donors (Lipinski definition) is 3. The summed E-state index contributed by atoms with van der Waals surface area (Å²) in [5.41, 5.74) is 8.34. The third kappa shape index (κ3) is 7.28. The number of rotatable bonds is 10. The minimum atomic E-state index is -0.904. The van der Waals surface area contributed by atoms with Crippen molar-refractivity contribution in [3.63, 3.8) is 0 Å². The van der Waals surface area contributed by atoms with Gasteiger partial charge >= 0.3 is 6.09 Å². The largest absolute Gasteiger partial charge is 0.410 e. The van der Waals surface area contributed by atoms with Crippen LogP contribution in [0.1, 0.15) is 18.1 Å². The Morgan fingerprint density at radius 1 is 1.05 bits per heavy atom. The molecule has 2 amide bonds. The highest BCUT2D eigenvalue weighted by Gasteiger charge is 2.16. The van der Waals surface area contributed by atoms with Gasteiger partial charge in [-0.1, -0.05) is 36.4 Å². The lowest BCUT2D eigenvalue weighted by Crippen LogP contribution is -2.30. The fraction of sp³-hybridized carbons (Fsp3) is 0.192. The molecule has 4 rings (SSSR count). The molecule has 0 atom stereocenters. The Labute approximate surface area is 214 Å². The van der Waals surface area contributed by atoms with E-state index in [9.17, 15) is 9.59 Å². The van der Waals surface area contributed by atoms with E-state index in [-0.39, 0.29) is 11.7 Å². The van der Waals surface area contributed by atoms with Gasteiger partial charge in [0, 0.05) is 50.2 Å². The number of hydrogen-bond acceptors (Lipinski definition) is 8. The van der Waals surface area contributed by atoms with Crippen LogP contribution in [0.4, 0.5) is 27.9 Å². The average molecular weight is 501 g/mol. The van der Waals surface area contributed by atoms with Gasteiger partial charge in [0.05, 0.1) is 18.4 Å². The number of aryl methyl sites for hydroxylation is 1. The number of nitrogens with one attached hydrogen (secondary N) is 2. The van der Waals surface area contributed by atoms with Crippen LogP contribution in [0.25, 0.3) is 0 Å². The zero-order chi connectivity index (χ0) is 26.2. The third-order valence-corrected chi connectivity index (χ3v) is 5.46. The lowest BCUT2D eigenvalue weighted by atomic mass is 10.1. The summed E-state index contributed by atoms with van der Waals surface area (Å²) in [6.07, 6.45) is 4.96. The lowest BCUT2D eigenvalue weighted by Gasteiger charge is -2.23. The highest BCUT2D eigenvalue weighted by molar-refractivity contribution is 5.74. The van der Waals surface area contributed by atoms with Gasteiger partial charge in [0.2, 0.25) is 11.9 Å². The van der Waals surface area contributed by atoms with E-state index >= 15 is 0 Å². The van der Waals surface area contributed by atoms with Crippen molar-refractivity contribution in [3.05, 3.63) is 84.3 Å². The maximum atomic E-state index is 12.5. The minimum Gasteiger partial charge on any atom is -0.410 e. The minimum absolute atomic E-state index is 0.0590. The number of ether oxygens (including phenoxy) is 1. The van der Waals surface area contributed by atoms with E-state index in [1.54, 1.807) is 59.4 Å². The third-order valence-electron chi connectivity index (χ3n) is 5.46. The van der Waals surface area contributed by atoms with Crippen LogP contribution < -0.4 is 21.1 Å². The summed E-state index contributed by atoms with van der Waals surface area (Å²) in [6, 6.07) is 16.8. The van der Waals surface area contributed by atoms with Gasteiger partial charge in [-0.3, -0.25) is 9.48 Å². The van der Waals surface area contributed by atoms with Crippen molar-refractivity contribution >= 4 is 35.1 Å². The highest BCUT2D eigenvalue weighted by Crippen LogP contribution is 2.25. The molecule has 0 aliphatic rings. The van der Waals surface area contributed by atoms with E-state index in [2.05, 4.69) is 25.7 Å². The molecular formula is C26H28N8O3. The molecule has 0 bridgehead atoms. The van der Waals surface area contributed by atoms with Crippen LogP contribution in [0.15, 0.2) is 73.2 Å². The first-order chi connectivity index (χ1) is 17.9. The molecule has 0 spiro atoms. The Kier molecular flexibility index (Phi) is 7.94. The van der Waals surface area contributed by atoms with Crippen LogP contribution in [0.2, 0.25) is 0 Å². The van der Waals surface area contributed by atoms with Gasteiger partial charge in [0.1, 0.15) is 11.6 Å². The first kappa shape index (κ1) is 25.2. The normalized spacial score (nSPS) is 10.5. The molecule has 2 heterocycles. The molecule has 0 fully saturated rings. The van der Waals surface area contributed by atoms with Crippen LogP contribution in [-0.4, -0.2) is 43.2 Å². The molecule has 0 aliphatic heterocycles. The second-order valence-electron chi connectivity index (χ2n) is 8.35. The Balaban J connectivity index is 1.60. The topological polar surface area (TPSA) is 140 Å². The number of benzene rings is 2. The second-order valence-corrected chi connectivity index (χ2v) is 8.35. The second kappa shape index (κ2) is 11.7. The number of amides is 2. The van der Waals surface area contributed by atoms with Gasteiger partial charge in [-0.25, -0.2) is 9.78 Å². The number of carbonyl (C=O) groups excluding carboxylic acids is 2. The van der Waals surface area contributed by atoms with Gasteiger partial charge in [0.25, 0.3) is 0 Å². The maximum absolute atomic E-state index is 12.5. The first-order valence-corrected chi connectivity index (χ1v) is 11.6. The van der Waals surface area contributed by atoms with Crippen LogP contribution in [0.5, 0.6) is 5.75 Å². The predicted molar refractivity (Wildman–Crippen MR) is 140 cm³/mol. The molecule has 190 valence electrons. The predicted octanol–water partition coefficient (Wildman–Crippen LogP) is 3.75. The number of primary amides is 1. The van der Waals surface area contributed by atoms with Gasteiger partial charge in [-0.05, 0) is 24.1 Å². The molecule has 11 heteroatoms. The summed E-state index contributed by atoms with van der Waals surface area (Å²) in [7, 11) is 1.81. The summed E-state index contributed by atoms with van der Waals surface area (Å²) in [6.45, 7) is 2.38. The molecule has 0 unspecified atom stereocenters. The number of nitrogens with zero attached hydrogens (tertiary/aromatic N) is 5. The molecule has 4 N–H and O–H groups in total. The van der Waals surface area contributed by atoms with E-state index in [0.717, 1.165) is 17.7 Å². The molecule has 0 aliphatic carbocycles. The Morgan fingerprint density at radius 3 is 2.57 bits per heavy atom. The molecule has 0 saturated heterocycles. The van der Waals surface area contributed by atoms with E-state index in [0.29, 0.717) is 36.1 Å². The van der Waals surface area contributed by atoms with Gasteiger partial charge in [-0.15, -0.1) is 0 Å². The van der Waals surface area contributed by atoms with E-state index < -0.39 is 6.09 Å². The van der Waals surface area contributed by atoms with Crippen molar-refractivity contribution in [2.24, 2.45) is 12.8 Å². The maximum Gasteiger partial charge on any atom is 0.409 e. The summed E-state index contributed by atoms with van der Waals surface area (Å²) < 4.78 is 6.65. The zero-order valence-corrected chi connectivity index (χ0v) is 20.6. The lowest BCUT2D eigenvalue weighted by molar-refractivity contribution is -0.129. The van der Waals surface area contributed by atoms with Crippen LogP contribution in [0, 0.1) is 0 Å². The molecule has 0 radical (unpaired) electrons. The Hall–Kier alpha value is -4.93. The van der Waals surface area contributed by atoms with E-state index in [4.69, 9.17) is 10.5 Å². The molecule has 11 nitrogen and oxygen atoms in total. The molecule has 37 heavy (non-hydrogen) atoms. The quantitative estimate of drug-likeness (QED) is 0.299. The number of anilines is 4. The van der Waals surface area contributed by atoms with Gasteiger partial charge < -0.3 is 26.0 Å². The zero-order valence-electron chi connectivity index (χ0n) is 20.6. The fourth-order valence-electron chi connectivity index (χ4n) is 3.66. The number of aromatic nitrogens is 4. The summed E-state index contributed by atoms with van der Waals surface area (Å²) >= 11 is 0. The molecular weight excluding hydrogens is 472 g/mol. The fourth-order valence-corrected chi connectivity index (χ4v) is 3.66. The van der Waals surface area contributed by atoms with Crippen molar-refractivity contribution in [2.45, 2.75) is 19.9 Å². The standard InChI is InChI=1S/C26H28N8O3/c1-18(35)34(12-11-19-7-4-3-5-8-19)16-20-14-28-26(31-22-15-29-33(2)17-22)32-24(20)30-21-9-6-10-23(13-21)37-25(27)36/h3-10,13-15,17H,11-12,16H2,1-2H3,(H2,27,36)(H2,28,30,31,32). The summed E-state index contributed by atoms with van der Waals surface area (Å²) in [5.74, 6) is 1.07. The average Bonchev–Trinajstić information content (AvgIpc) is 3.27. The Bertz CT molecular complexity index is 1370. The highest BCUT2D eigenvalue weighted by atomic mass is 16.5. The van der Waals surface area contributed by atoms with Crippen molar-refractivity contribution in [1.29, 1.82) is 0 Å². The first-order valence-electron chi connectivity index (χ1n) is 11.6. The molecule has 0 saturated carbocycles. The molecule has 2 aromatic heterocycles. The van der Waals surface area contributed by atoms with Crippen molar-refractivity contribution in [3.8, 4) is 5.75 Å². The van der Waals surface area contributed by atoms with Crippen molar-refractivity contribution in [1.82, 2.24) is 24.6 Å². The number of nitrogens with two attached hydrogens (primary N) is 1. The van der Waals surface area contributed by atoms with Crippen molar-refractivity contribution in [2.75, 3.05) is 17.2 Å². The molecule has 4 aromatic rings. The molecule has 2 aromatic carbocycles. The van der Waals surface area contributed by atoms with Crippen LogP contribution >= 0.6 is 0 Å². The van der Waals surface area contributed by atoms with Crippen molar-refractivity contribution < 1.29 is 14.3 Å². The van der Waals surface area contributed by atoms with Crippen LogP contribution in [0.3, 0.4) is 0 Å². The Morgan fingerprint density at radius 2 is 1.86 bits per heavy atom. The number of carbonyl (C=O) groups is 2. The van der Waals surface area contributed by atoms with E-state index in [1.807, 2.05) is 37.4 Å². The van der Waals surface area contributed by atoms with E-state index in [1.165, 1.54) is 0 Å².